The number of hydrogen-bond donors (Lipinski definition) is 0. The molecule has 2 heteroatoms. The maximum Gasteiger partial charge on any atom is 0.136 e. The van der Waals surface area contributed by atoms with Crippen LogP contribution in [0.2, 0.25) is 0 Å². The van der Waals surface area contributed by atoms with Gasteiger partial charge in [0.15, 0.2) is 0 Å². The van der Waals surface area contributed by atoms with Gasteiger partial charge in [0, 0.05) is 31.5 Å². The zero-order chi connectivity index (χ0) is 12.5. The lowest BCUT2D eigenvalue weighted by Gasteiger charge is -2.33. The van der Waals surface area contributed by atoms with Crippen LogP contribution < -0.4 is 0 Å². The molecule has 0 amide bonds. The molecule has 0 spiro atoms. The average Bonchev–Trinajstić information content (AvgIpc) is 2.60. The first-order chi connectivity index (χ1) is 8.72. The molecule has 2 atom stereocenters. The predicted molar refractivity (Wildman–Crippen MR) is 72.6 cm³/mol. The Morgan fingerprint density at radius 1 is 1.11 bits per heavy atom. The third-order valence-corrected chi connectivity index (χ3v) is 4.48. The number of rotatable bonds is 3. The SMILES string of the molecule is Cc1ccc(CCN2C3CCC2CC(=O)C3)cc1. The van der Waals surface area contributed by atoms with Gasteiger partial charge in [-0.1, -0.05) is 29.8 Å². The molecule has 96 valence electrons. The Hall–Kier alpha value is -1.15. The summed E-state index contributed by atoms with van der Waals surface area (Å²) in [5.74, 6) is 0.481. The molecule has 18 heavy (non-hydrogen) atoms. The summed E-state index contributed by atoms with van der Waals surface area (Å²) in [6, 6.07) is 9.91. The number of carbonyl (C=O) groups is 1. The third-order valence-electron chi connectivity index (χ3n) is 4.48. The molecule has 2 fully saturated rings. The van der Waals surface area contributed by atoms with Gasteiger partial charge in [-0.25, -0.2) is 0 Å². The van der Waals surface area contributed by atoms with Gasteiger partial charge in [0.2, 0.25) is 0 Å². The number of ketones is 1. The molecule has 2 nitrogen and oxygen atoms in total. The molecule has 2 bridgehead atoms. The van der Waals surface area contributed by atoms with Gasteiger partial charge in [0.05, 0.1) is 0 Å². The summed E-state index contributed by atoms with van der Waals surface area (Å²) in [5, 5.41) is 0. The van der Waals surface area contributed by atoms with Crippen molar-refractivity contribution < 1.29 is 4.79 Å². The minimum atomic E-state index is 0.481. The van der Waals surface area contributed by atoms with E-state index >= 15 is 0 Å². The Morgan fingerprint density at radius 2 is 1.72 bits per heavy atom. The second-order valence-electron chi connectivity index (χ2n) is 5.81. The van der Waals surface area contributed by atoms with Crippen LogP contribution in [0.4, 0.5) is 0 Å². The molecule has 0 saturated carbocycles. The molecule has 2 heterocycles. The highest BCUT2D eigenvalue weighted by molar-refractivity contribution is 5.80. The molecule has 1 aromatic carbocycles. The van der Waals surface area contributed by atoms with Gasteiger partial charge in [-0.05, 0) is 31.7 Å². The van der Waals surface area contributed by atoms with E-state index in [0.717, 1.165) is 25.8 Å². The number of aryl methyl sites for hydroxylation is 1. The van der Waals surface area contributed by atoms with E-state index in [-0.39, 0.29) is 0 Å². The van der Waals surface area contributed by atoms with E-state index in [9.17, 15) is 4.79 Å². The lowest BCUT2D eigenvalue weighted by atomic mass is 10.0. The predicted octanol–water partition coefficient (Wildman–Crippen LogP) is 2.73. The molecule has 2 unspecified atom stereocenters. The lowest BCUT2D eigenvalue weighted by Crippen LogP contribution is -2.44. The van der Waals surface area contributed by atoms with E-state index < -0.39 is 0 Å². The molecular formula is C16H21NO. The second-order valence-corrected chi connectivity index (χ2v) is 5.81. The Kier molecular flexibility index (Phi) is 3.21. The van der Waals surface area contributed by atoms with Crippen LogP contribution in [0.5, 0.6) is 0 Å². The molecule has 0 aliphatic carbocycles. The second kappa shape index (κ2) is 4.85. The first-order valence-corrected chi connectivity index (χ1v) is 7.05. The maximum atomic E-state index is 11.6. The van der Waals surface area contributed by atoms with Crippen molar-refractivity contribution in [2.75, 3.05) is 6.54 Å². The summed E-state index contributed by atoms with van der Waals surface area (Å²) in [5.41, 5.74) is 2.74. The van der Waals surface area contributed by atoms with E-state index in [0.29, 0.717) is 17.9 Å². The first-order valence-electron chi connectivity index (χ1n) is 7.05. The number of benzene rings is 1. The van der Waals surface area contributed by atoms with Crippen LogP contribution >= 0.6 is 0 Å². The highest BCUT2D eigenvalue weighted by Crippen LogP contribution is 2.33. The summed E-state index contributed by atoms with van der Waals surface area (Å²) in [4.78, 5) is 14.1. The number of nitrogens with zero attached hydrogens (tertiary/aromatic N) is 1. The fourth-order valence-electron chi connectivity index (χ4n) is 3.44. The van der Waals surface area contributed by atoms with Gasteiger partial charge >= 0.3 is 0 Å². The van der Waals surface area contributed by atoms with Crippen molar-refractivity contribution in [3.63, 3.8) is 0 Å². The molecule has 3 rings (SSSR count). The van der Waals surface area contributed by atoms with E-state index in [1.807, 2.05) is 0 Å². The van der Waals surface area contributed by atoms with Crippen LogP contribution in [0.15, 0.2) is 24.3 Å². The van der Waals surface area contributed by atoms with E-state index in [2.05, 4.69) is 36.1 Å². The van der Waals surface area contributed by atoms with E-state index in [1.165, 1.54) is 24.0 Å². The minimum Gasteiger partial charge on any atom is -0.300 e. The fourth-order valence-corrected chi connectivity index (χ4v) is 3.44. The van der Waals surface area contributed by atoms with Crippen molar-refractivity contribution in [1.82, 2.24) is 4.90 Å². The lowest BCUT2D eigenvalue weighted by molar-refractivity contribution is -0.123. The zero-order valence-corrected chi connectivity index (χ0v) is 11.1. The van der Waals surface area contributed by atoms with E-state index in [4.69, 9.17) is 0 Å². The summed E-state index contributed by atoms with van der Waals surface area (Å²) >= 11 is 0. The van der Waals surface area contributed by atoms with Gasteiger partial charge in [-0.15, -0.1) is 0 Å². The van der Waals surface area contributed by atoms with Crippen molar-refractivity contribution in [3.8, 4) is 0 Å². The number of piperidine rings is 1. The van der Waals surface area contributed by atoms with Crippen molar-refractivity contribution in [3.05, 3.63) is 35.4 Å². The quantitative estimate of drug-likeness (QED) is 0.813. The summed E-state index contributed by atoms with van der Waals surface area (Å²) in [7, 11) is 0. The van der Waals surface area contributed by atoms with Crippen LogP contribution in [-0.2, 0) is 11.2 Å². The number of hydrogen-bond acceptors (Lipinski definition) is 2. The van der Waals surface area contributed by atoms with Crippen LogP contribution in [-0.4, -0.2) is 29.3 Å². The standard InChI is InChI=1S/C16H21NO/c1-12-2-4-13(5-3-12)8-9-17-14-6-7-15(17)11-16(18)10-14/h2-5,14-15H,6-11H2,1H3. The average molecular weight is 243 g/mol. The largest absolute Gasteiger partial charge is 0.300 e. The number of Topliss-reactive ketones (excluding diaryl/α,β-unsaturated/α-hetero) is 1. The smallest absolute Gasteiger partial charge is 0.136 e. The van der Waals surface area contributed by atoms with Gasteiger partial charge in [-0.3, -0.25) is 9.69 Å². The molecule has 2 aliphatic rings. The highest BCUT2D eigenvalue weighted by atomic mass is 16.1. The van der Waals surface area contributed by atoms with Gasteiger partial charge in [0.25, 0.3) is 0 Å². The van der Waals surface area contributed by atoms with Crippen LogP contribution in [0, 0.1) is 6.92 Å². The minimum absolute atomic E-state index is 0.481. The Labute approximate surface area is 109 Å². The summed E-state index contributed by atoms with van der Waals surface area (Å²) in [6.45, 7) is 3.24. The fraction of sp³-hybridized carbons (Fsp3) is 0.562. The molecular weight excluding hydrogens is 222 g/mol. The Bertz CT molecular complexity index is 421. The Balaban J connectivity index is 1.61. The summed E-state index contributed by atoms with van der Waals surface area (Å²) in [6.07, 6.45) is 5.16. The maximum absolute atomic E-state index is 11.6. The van der Waals surface area contributed by atoms with Crippen LogP contribution in [0.1, 0.15) is 36.8 Å². The normalized spacial score (nSPS) is 27.7. The van der Waals surface area contributed by atoms with Crippen molar-refractivity contribution in [1.29, 1.82) is 0 Å². The van der Waals surface area contributed by atoms with Gasteiger partial charge in [0.1, 0.15) is 5.78 Å². The van der Waals surface area contributed by atoms with Crippen molar-refractivity contribution >= 4 is 5.78 Å². The molecule has 2 saturated heterocycles. The monoisotopic (exact) mass is 243 g/mol. The molecule has 1 aromatic rings. The number of fused-ring (bicyclic) bond motifs is 2. The molecule has 0 aromatic heterocycles. The van der Waals surface area contributed by atoms with Crippen molar-refractivity contribution in [2.24, 2.45) is 0 Å². The first kappa shape index (κ1) is 11.9. The van der Waals surface area contributed by atoms with Gasteiger partial charge in [-0.2, -0.15) is 0 Å². The number of carbonyl (C=O) groups excluding carboxylic acids is 1. The third kappa shape index (κ3) is 2.35. The molecule has 2 aliphatic heterocycles. The summed E-state index contributed by atoms with van der Waals surface area (Å²) < 4.78 is 0. The van der Waals surface area contributed by atoms with Crippen molar-refractivity contribution in [2.45, 2.75) is 51.1 Å². The highest BCUT2D eigenvalue weighted by Gasteiger charge is 2.39. The molecule has 0 radical (unpaired) electrons. The van der Waals surface area contributed by atoms with Crippen LogP contribution in [0.3, 0.4) is 0 Å². The topological polar surface area (TPSA) is 20.3 Å². The Morgan fingerprint density at radius 3 is 2.33 bits per heavy atom. The van der Waals surface area contributed by atoms with Gasteiger partial charge < -0.3 is 0 Å². The van der Waals surface area contributed by atoms with E-state index in [1.54, 1.807) is 0 Å². The zero-order valence-electron chi connectivity index (χ0n) is 11.1. The molecule has 0 N–H and O–H groups in total. The van der Waals surface area contributed by atoms with Crippen LogP contribution in [0.25, 0.3) is 0 Å².